The lowest BCUT2D eigenvalue weighted by Gasteiger charge is -2.35. The van der Waals surface area contributed by atoms with Gasteiger partial charge in [-0.15, -0.1) is 24.0 Å². The van der Waals surface area contributed by atoms with Gasteiger partial charge in [0.2, 0.25) is 10.0 Å². The molecule has 1 aromatic rings. The largest absolute Gasteiger partial charge is 0.364 e. The second-order valence-corrected chi connectivity index (χ2v) is 10.3. The predicted molar refractivity (Wildman–Crippen MR) is 133 cm³/mol. The monoisotopic (exact) mass is 568 g/mol. The third-order valence-corrected chi connectivity index (χ3v) is 7.70. The van der Waals surface area contributed by atoms with Crippen LogP contribution in [0.5, 0.6) is 0 Å². The van der Waals surface area contributed by atoms with Crippen molar-refractivity contribution in [3.63, 3.8) is 0 Å². The number of piperidine rings is 1. The molecule has 0 aromatic carbocycles. The Morgan fingerprint density at radius 1 is 1.26 bits per heavy atom. The average molecular weight is 569 g/mol. The number of guanidine groups is 1. The molecule has 11 heteroatoms. The molecule has 0 aliphatic carbocycles. The highest BCUT2D eigenvalue weighted by Gasteiger charge is 2.29. The maximum absolute atomic E-state index is 12.6. The minimum Gasteiger partial charge on any atom is -0.364 e. The van der Waals surface area contributed by atoms with E-state index in [9.17, 15) is 8.42 Å². The Labute approximate surface area is 203 Å². The fourth-order valence-electron chi connectivity index (χ4n) is 4.25. The number of aliphatic imine (C=N–C) groups is 1. The molecule has 1 aromatic heterocycles. The van der Waals surface area contributed by atoms with Crippen LogP contribution in [0.25, 0.3) is 0 Å². The fraction of sp³-hybridized carbons (Fsp3) is 0.800. The fourth-order valence-corrected chi connectivity index (χ4v) is 5.68. The van der Waals surface area contributed by atoms with Crippen molar-refractivity contribution in [2.75, 3.05) is 59.4 Å². The lowest BCUT2D eigenvalue weighted by atomic mass is 10.0. The maximum atomic E-state index is 12.6. The summed E-state index contributed by atoms with van der Waals surface area (Å²) in [7, 11) is -1.60. The van der Waals surface area contributed by atoms with Gasteiger partial charge in [0.05, 0.1) is 5.69 Å². The SMILES string of the molecule is CN=C(NCCCCN1CCCC(C)C1)N1CCN(S(=O)(=O)Cc2ccon2)CC1.I. The summed E-state index contributed by atoms with van der Waals surface area (Å²) >= 11 is 0. The first-order chi connectivity index (χ1) is 14.5. The zero-order valence-electron chi connectivity index (χ0n) is 18.7. The van der Waals surface area contributed by atoms with Crippen LogP contribution in [0.15, 0.2) is 21.8 Å². The molecule has 2 fully saturated rings. The van der Waals surface area contributed by atoms with Crippen LogP contribution >= 0.6 is 24.0 Å². The van der Waals surface area contributed by atoms with E-state index in [4.69, 9.17) is 4.52 Å². The van der Waals surface area contributed by atoms with Crippen molar-refractivity contribution in [1.29, 1.82) is 0 Å². The zero-order valence-corrected chi connectivity index (χ0v) is 21.8. The summed E-state index contributed by atoms with van der Waals surface area (Å²) in [5, 5.41) is 7.15. The summed E-state index contributed by atoms with van der Waals surface area (Å²) in [6.45, 7) is 9.04. The number of nitrogens with one attached hydrogen (secondary N) is 1. The van der Waals surface area contributed by atoms with Gasteiger partial charge >= 0.3 is 0 Å². The molecule has 3 rings (SSSR count). The molecular formula is C20H37IN6O3S. The Balaban J connectivity index is 0.00000341. The molecule has 0 bridgehead atoms. The lowest BCUT2D eigenvalue weighted by molar-refractivity contribution is 0.181. The molecule has 3 heterocycles. The van der Waals surface area contributed by atoms with Crippen LogP contribution in [0.4, 0.5) is 0 Å². The van der Waals surface area contributed by atoms with Crippen LogP contribution in [0.2, 0.25) is 0 Å². The topological polar surface area (TPSA) is 94.3 Å². The first-order valence-corrected chi connectivity index (χ1v) is 12.6. The number of likely N-dealkylation sites (tertiary alicyclic amines) is 1. The predicted octanol–water partition coefficient (Wildman–Crippen LogP) is 1.83. The van der Waals surface area contributed by atoms with Gasteiger partial charge in [0, 0.05) is 52.4 Å². The highest BCUT2D eigenvalue weighted by atomic mass is 127. The van der Waals surface area contributed by atoms with Crippen LogP contribution in [0.3, 0.4) is 0 Å². The average Bonchev–Trinajstić information content (AvgIpc) is 3.23. The van der Waals surface area contributed by atoms with Crippen molar-refractivity contribution in [2.24, 2.45) is 10.9 Å². The number of hydrogen-bond donors (Lipinski definition) is 1. The van der Waals surface area contributed by atoms with E-state index in [1.807, 2.05) is 0 Å². The Hall–Kier alpha value is -0.920. The van der Waals surface area contributed by atoms with Gasteiger partial charge < -0.3 is 19.6 Å². The van der Waals surface area contributed by atoms with E-state index in [0.29, 0.717) is 31.9 Å². The van der Waals surface area contributed by atoms with Gasteiger partial charge in [-0.05, 0) is 44.7 Å². The summed E-state index contributed by atoms with van der Waals surface area (Å²) in [6.07, 6.45) is 6.38. The second kappa shape index (κ2) is 12.9. The van der Waals surface area contributed by atoms with Crippen molar-refractivity contribution in [2.45, 2.75) is 38.4 Å². The molecule has 1 unspecified atom stereocenters. The highest BCUT2D eigenvalue weighted by Crippen LogP contribution is 2.16. The summed E-state index contributed by atoms with van der Waals surface area (Å²) < 4.78 is 31.4. The van der Waals surface area contributed by atoms with E-state index >= 15 is 0 Å². The number of aromatic nitrogens is 1. The molecular weight excluding hydrogens is 531 g/mol. The van der Waals surface area contributed by atoms with Gasteiger partial charge in [0.1, 0.15) is 12.0 Å². The van der Waals surface area contributed by atoms with Crippen molar-refractivity contribution in [3.05, 3.63) is 18.0 Å². The van der Waals surface area contributed by atoms with E-state index in [0.717, 1.165) is 24.8 Å². The summed E-state index contributed by atoms with van der Waals surface area (Å²) in [5.74, 6) is 1.57. The summed E-state index contributed by atoms with van der Waals surface area (Å²) in [5.41, 5.74) is 0.439. The molecule has 2 aliphatic rings. The summed E-state index contributed by atoms with van der Waals surface area (Å²) in [4.78, 5) is 9.11. The van der Waals surface area contributed by atoms with Crippen LogP contribution in [0.1, 0.15) is 38.3 Å². The van der Waals surface area contributed by atoms with Crippen molar-refractivity contribution in [1.82, 2.24) is 24.6 Å². The number of halogens is 1. The van der Waals surface area contributed by atoms with Crippen molar-refractivity contribution >= 4 is 40.0 Å². The highest BCUT2D eigenvalue weighted by molar-refractivity contribution is 14.0. The van der Waals surface area contributed by atoms with Crippen molar-refractivity contribution < 1.29 is 12.9 Å². The summed E-state index contributed by atoms with van der Waals surface area (Å²) in [6, 6.07) is 1.59. The Morgan fingerprint density at radius 3 is 2.68 bits per heavy atom. The number of hydrogen-bond acceptors (Lipinski definition) is 6. The number of sulfonamides is 1. The van der Waals surface area contributed by atoms with Gasteiger partial charge in [-0.1, -0.05) is 12.1 Å². The quantitative estimate of drug-likeness (QED) is 0.221. The molecule has 2 saturated heterocycles. The molecule has 2 aliphatic heterocycles. The molecule has 0 spiro atoms. The van der Waals surface area contributed by atoms with E-state index < -0.39 is 10.0 Å². The Bertz CT molecular complexity index is 766. The minimum atomic E-state index is -3.38. The molecule has 178 valence electrons. The second-order valence-electron chi connectivity index (χ2n) is 8.36. The number of nitrogens with zero attached hydrogens (tertiary/aromatic N) is 5. The number of unbranched alkanes of at least 4 members (excludes halogenated alkanes) is 1. The van der Waals surface area contributed by atoms with Crippen LogP contribution in [0, 0.1) is 5.92 Å². The lowest BCUT2D eigenvalue weighted by Crippen LogP contribution is -2.54. The van der Waals surface area contributed by atoms with Gasteiger partial charge in [0.25, 0.3) is 0 Å². The molecule has 0 amide bonds. The van der Waals surface area contributed by atoms with Crippen LogP contribution in [-0.2, 0) is 15.8 Å². The molecule has 31 heavy (non-hydrogen) atoms. The smallest absolute Gasteiger partial charge is 0.220 e. The van der Waals surface area contributed by atoms with E-state index in [1.165, 1.54) is 49.5 Å². The molecule has 1 atom stereocenters. The van der Waals surface area contributed by atoms with Gasteiger partial charge in [-0.2, -0.15) is 4.31 Å². The first kappa shape index (κ1) is 26.3. The zero-order chi connectivity index (χ0) is 21.4. The molecule has 9 nitrogen and oxygen atoms in total. The molecule has 0 saturated carbocycles. The first-order valence-electron chi connectivity index (χ1n) is 11.0. The Kier molecular flexibility index (Phi) is 11.0. The van der Waals surface area contributed by atoms with Gasteiger partial charge in [-0.3, -0.25) is 4.99 Å². The van der Waals surface area contributed by atoms with E-state index in [1.54, 1.807) is 13.1 Å². The molecule has 0 radical (unpaired) electrons. The normalized spacial score (nSPS) is 21.7. The van der Waals surface area contributed by atoms with Crippen LogP contribution in [-0.4, -0.2) is 93.0 Å². The third-order valence-electron chi connectivity index (χ3n) is 5.89. The van der Waals surface area contributed by atoms with E-state index in [-0.39, 0.29) is 29.7 Å². The van der Waals surface area contributed by atoms with Gasteiger partial charge in [-0.25, -0.2) is 8.42 Å². The van der Waals surface area contributed by atoms with Crippen molar-refractivity contribution in [3.8, 4) is 0 Å². The standard InChI is InChI=1S/C20H36N6O3S.HI/c1-18-6-5-10-24(16-18)9-4-3-8-22-20(21-2)25-11-13-26(14-12-25)30(27,28)17-19-7-15-29-23-19;/h7,15,18H,3-6,8-14,16-17H2,1-2H3,(H,21,22);1H. The number of rotatable bonds is 8. The van der Waals surface area contributed by atoms with Crippen LogP contribution < -0.4 is 5.32 Å². The number of piperazine rings is 1. The third kappa shape index (κ3) is 8.17. The minimum absolute atomic E-state index is 0. The van der Waals surface area contributed by atoms with Gasteiger partial charge in [0.15, 0.2) is 5.96 Å². The maximum Gasteiger partial charge on any atom is 0.220 e. The Morgan fingerprint density at radius 2 is 2.03 bits per heavy atom. The molecule has 1 N–H and O–H groups in total. The van der Waals surface area contributed by atoms with E-state index in [2.05, 4.69) is 32.2 Å².